The van der Waals surface area contributed by atoms with E-state index in [4.69, 9.17) is 23.2 Å². The van der Waals surface area contributed by atoms with Crippen molar-refractivity contribution in [1.82, 2.24) is 15.0 Å². The highest BCUT2D eigenvalue weighted by atomic mass is 35.5. The summed E-state index contributed by atoms with van der Waals surface area (Å²) in [7, 11) is 0. The molecule has 2 rings (SSSR count). The molecule has 6 heteroatoms. The van der Waals surface area contributed by atoms with Crippen molar-refractivity contribution >= 4 is 29.2 Å². The van der Waals surface area contributed by atoms with Crippen molar-refractivity contribution in [2.24, 2.45) is 5.92 Å². The molecule has 0 aromatic carbocycles. The van der Waals surface area contributed by atoms with Gasteiger partial charge in [0.2, 0.25) is 16.5 Å². The zero-order valence-corrected chi connectivity index (χ0v) is 10.1. The van der Waals surface area contributed by atoms with Crippen LogP contribution < -0.4 is 5.32 Å². The van der Waals surface area contributed by atoms with Crippen LogP contribution in [0, 0.1) is 5.92 Å². The molecule has 0 bridgehead atoms. The van der Waals surface area contributed by atoms with E-state index in [9.17, 15) is 0 Å². The summed E-state index contributed by atoms with van der Waals surface area (Å²) in [5.74, 6) is 0.857. The fourth-order valence-corrected chi connectivity index (χ4v) is 1.80. The summed E-state index contributed by atoms with van der Waals surface area (Å²) in [5, 5.41) is 3.20. The lowest BCUT2D eigenvalue weighted by Gasteiger charge is -2.13. The Kier molecular flexibility index (Phi) is 3.41. The molecule has 0 radical (unpaired) electrons. The van der Waals surface area contributed by atoms with Crippen LogP contribution in [0.1, 0.15) is 13.3 Å². The Morgan fingerprint density at radius 2 is 1.94 bits per heavy atom. The molecule has 0 saturated carbocycles. The molecule has 84 valence electrons. The second-order valence-electron chi connectivity index (χ2n) is 3.56. The molecule has 1 aromatic heterocycles. The average Bonchev–Trinajstić information content (AvgIpc) is 2.15. The van der Waals surface area contributed by atoms with E-state index in [1.165, 1.54) is 0 Å². The molecule has 0 spiro atoms. The Labute approximate surface area is 103 Å². The summed E-state index contributed by atoms with van der Waals surface area (Å²) >= 11 is 11.3. The van der Waals surface area contributed by atoms with Crippen molar-refractivity contribution < 1.29 is 0 Å². The van der Waals surface area contributed by atoms with Gasteiger partial charge in [-0.15, -0.1) is 0 Å². The van der Waals surface area contributed by atoms with Crippen molar-refractivity contribution in [3.05, 3.63) is 34.5 Å². The lowest BCUT2D eigenvalue weighted by Crippen LogP contribution is -2.07. The van der Waals surface area contributed by atoms with Gasteiger partial charge in [0.1, 0.15) is 0 Å². The fraction of sp³-hybridized carbons (Fsp3) is 0.300. The number of rotatable bonds is 2. The van der Waals surface area contributed by atoms with Crippen molar-refractivity contribution in [1.29, 1.82) is 0 Å². The van der Waals surface area contributed by atoms with Crippen LogP contribution in [-0.4, -0.2) is 15.0 Å². The molecule has 0 unspecified atom stereocenters. The molecular weight excluding hydrogens is 247 g/mol. The highest BCUT2D eigenvalue weighted by molar-refractivity contribution is 6.31. The second kappa shape index (κ2) is 4.80. The maximum atomic E-state index is 5.67. The number of aromatic nitrogens is 3. The summed E-state index contributed by atoms with van der Waals surface area (Å²) in [6.45, 7) is 2.14. The number of nitrogens with one attached hydrogen (secondary N) is 1. The number of hydrogen-bond acceptors (Lipinski definition) is 4. The molecule has 1 aromatic rings. The van der Waals surface area contributed by atoms with E-state index in [0.717, 1.165) is 12.1 Å². The number of halogens is 2. The average molecular weight is 257 g/mol. The van der Waals surface area contributed by atoms with Crippen LogP contribution in [0.15, 0.2) is 23.9 Å². The SMILES string of the molecule is C[C@@H]1C=C(Nc2nc(Cl)nc(Cl)n2)C=CC1. The van der Waals surface area contributed by atoms with Gasteiger partial charge in [0.15, 0.2) is 0 Å². The minimum Gasteiger partial charge on any atom is -0.324 e. The van der Waals surface area contributed by atoms with Gasteiger partial charge in [0.05, 0.1) is 0 Å². The van der Waals surface area contributed by atoms with Crippen LogP contribution in [0.25, 0.3) is 0 Å². The van der Waals surface area contributed by atoms with E-state index in [-0.39, 0.29) is 10.6 Å². The van der Waals surface area contributed by atoms with E-state index in [1.54, 1.807) is 0 Å². The number of anilines is 1. The van der Waals surface area contributed by atoms with Gasteiger partial charge in [-0.25, -0.2) is 0 Å². The minimum atomic E-state index is 0.0796. The lowest BCUT2D eigenvalue weighted by atomic mass is 10.0. The maximum absolute atomic E-state index is 5.67. The molecular formula is C10H10Cl2N4. The Balaban J connectivity index is 2.17. The third-order valence-electron chi connectivity index (χ3n) is 2.11. The molecule has 1 N–H and O–H groups in total. The van der Waals surface area contributed by atoms with E-state index in [1.807, 2.05) is 6.08 Å². The highest BCUT2D eigenvalue weighted by Gasteiger charge is 2.07. The summed E-state index contributed by atoms with van der Waals surface area (Å²) in [6, 6.07) is 0. The zero-order valence-electron chi connectivity index (χ0n) is 8.61. The van der Waals surface area contributed by atoms with Gasteiger partial charge in [-0.2, -0.15) is 15.0 Å². The van der Waals surface area contributed by atoms with Gasteiger partial charge >= 0.3 is 0 Å². The Bertz CT molecular complexity index is 436. The van der Waals surface area contributed by atoms with Gasteiger partial charge in [0, 0.05) is 5.70 Å². The minimum absolute atomic E-state index is 0.0796. The van der Waals surface area contributed by atoms with E-state index < -0.39 is 0 Å². The standard InChI is InChI=1S/C10H10Cl2N4/c1-6-3-2-4-7(5-6)13-10-15-8(11)14-9(12)16-10/h2,4-6H,3H2,1H3,(H,13,14,15,16)/t6-/m0/s1. The number of hydrogen-bond donors (Lipinski definition) is 1. The first kappa shape index (κ1) is 11.4. The third kappa shape index (κ3) is 2.93. The second-order valence-corrected chi connectivity index (χ2v) is 4.24. The van der Waals surface area contributed by atoms with Gasteiger partial charge in [-0.1, -0.05) is 19.1 Å². The Hall–Kier alpha value is -1.13. The van der Waals surface area contributed by atoms with Crippen molar-refractivity contribution in [3.63, 3.8) is 0 Å². The van der Waals surface area contributed by atoms with Crippen LogP contribution in [-0.2, 0) is 0 Å². The van der Waals surface area contributed by atoms with Crippen LogP contribution in [0.5, 0.6) is 0 Å². The summed E-state index contributed by atoms with van der Waals surface area (Å²) in [4.78, 5) is 11.5. The number of allylic oxidation sites excluding steroid dienone is 3. The molecule has 1 aliphatic carbocycles. The molecule has 1 aliphatic rings. The van der Waals surface area contributed by atoms with Crippen LogP contribution >= 0.6 is 23.2 Å². The van der Waals surface area contributed by atoms with Crippen LogP contribution in [0.2, 0.25) is 10.6 Å². The third-order valence-corrected chi connectivity index (χ3v) is 2.44. The first-order valence-electron chi connectivity index (χ1n) is 4.86. The molecule has 16 heavy (non-hydrogen) atoms. The van der Waals surface area contributed by atoms with E-state index in [0.29, 0.717) is 11.9 Å². The van der Waals surface area contributed by atoms with Gasteiger partial charge in [-0.3, -0.25) is 0 Å². The molecule has 1 heterocycles. The smallest absolute Gasteiger partial charge is 0.232 e. The summed E-state index contributed by atoms with van der Waals surface area (Å²) < 4.78 is 0. The largest absolute Gasteiger partial charge is 0.324 e. The van der Waals surface area contributed by atoms with Crippen LogP contribution in [0.3, 0.4) is 0 Å². The quantitative estimate of drug-likeness (QED) is 0.884. The van der Waals surface area contributed by atoms with Crippen molar-refractivity contribution in [3.8, 4) is 0 Å². The van der Waals surface area contributed by atoms with Crippen molar-refractivity contribution in [2.45, 2.75) is 13.3 Å². The van der Waals surface area contributed by atoms with Crippen LogP contribution in [0.4, 0.5) is 5.95 Å². The Morgan fingerprint density at radius 1 is 1.25 bits per heavy atom. The fourth-order valence-electron chi connectivity index (χ4n) is 1.43. The maximum Gasteiger partial charge on any atom is 0.232 e. The predicted molar refractivity (Wildman–Crippen MR) is 64.5 cm³/mol. The normalized spacial score (nSPS) is 19.4. The summed E-state index contributed by atoms with van der Waals surface area (Å²) in [5.41, 5.74) is 0.942. The zero-order chi connectivity index (χ0) is 11.5. The van der Waals surface area contributed by atoms with Gasteiger partial charge in [-0.05, 0) is 41.6 Å². The van der Waals surface area contributed by atoms with E-state index in [2.05, 4.69) is 39.3 Å². The highest BCUT2D eigenvalue weighted by Crippen LogP contribution is 2.18. The predicted octanol–water partition coefficient (Wildman–Crippen LogP) is 3.07. The van der Waals surface area contributed by atoms with Crippen molar-refractivity contribution in [2.75, 3.05) is 5.32 Å². The number of nitrogens with zero attached hydrogens (tertiary/aromatic N) is 3. The van der Waals surface area contributed by atoms with Gasteiger partial charge in [0.25, 0.3) is 0 Å². The molecule has 0 fully saturated rings. The topological polar surface area (TPSA) is 50.7 Å². The molecule has 0 saturated heterocycles. The Morgan fingerprint density at radius 3 is 2.56 bits per heavy atom. The molecule has 4 nitrogen and oxygen atoms in total. The van der Waals surface area contributed by atoms with E-state index >= 15 is 0 Å². The first-order chi connectivity index (χ1) is 7.63. The molecule has 0 amide bonds. The monoisotopic (exact) mass is 256 g/mol. The van der Waals surface area contributed by atoms with Gasteiger partial charge < -0.3 is 5.32 Å². The summed E-state index contributed by atoms with van der Waals surface area (Å²) in [6.07, 6.45) is 7.22. The molecule has 1 atom stereocenters. The molecule has 0 aliphatic heterocycles. The first-order valence-corrected chi connectivity index (χ1v) is 5.61. The lowest BCUT2D eigenvalue weighted by molar-refractivity contribution is 0.729.